The summed E-state index contributed by atoms with van der Waals surface area (Å²) < 4.78 is 0. The highest BCUT2D eigenvalue weighted by molar-refractivity contribution is 7.09. The molecule has 0 aliphatic heterocycles. The van der Waals surface area contributed by atoms with E-state index in [0.29, 0.717) is 6.54 Å². The molecule has 0 fully saturated rings. The van der Waals surface area contributed by atoms with Gasteiger partial charge in [0.1, 0.15) is 0 Å². The molecule has 0 spiro atoms. The maximum absolute atomic E-state index is 12.3. The van der Waals surface area contributed by atoms with Gasteiger partial charge in [0.2, 0.25) is 0 Å². The summed E-state index contributed by atoms with van der Waals surface area (Å²) in [6, 6.07) is 17.9. The number of rotatable bonds is 4. The van der Waals surface area contributed by atoms with Crippen molar-refractivity contribution in [3.63, 3.8) is 0 Å². The van der Waals surface area contributed by atoms with Crippen LogP contribution in [0.1, 0.15) is 15.2 Å². The Morgan fingerprint density at radius 3 is 2.70 bits per heavy atom. The van der Waals surface area contributed by atoms with Gasteiger partial charge in [0.25, 0.3) is 5.91 Å². The van der Waals surface area contributed by atoms with E-state index in [1.165, 1.54) is 4.88 Å². The minimum atomic E-state index is -0.00152. The highest BCUT2D eigenvalue weighted by Gasteiger charge is 2.08. The summed E-state index contributed by atoms with van der Waals surface area (Å²) in [5, 5.41) is 7.15. The van der Waals surface area contributed by atoms with Gasteiger partial charge in [-0.1, -0.05) is 42.5 Å². The summed E-state index contributed by atoms with van der Waals surface area (Å²) in [7, 11) is 0. The van der Waals surface area contributed by atoms with Crippen LogP contribution in [0.15, 0.2) is 60.0 Å². The number of carbonyl (C=O) groups excluding carboxylic acids is 1. The Kier molecular flexibility index (Phi) is 3.79. The standard InChI is InChI=1S/C17H15NOS/c19-17(18-11-10-14-7-4-12-20-14)16-9-3-6-13-5-1-2-8-15(13)16/h1-9,12H,10-11H2,(H,18,19). The second-order valence-electron chi connectivity index (χ2n) is 4.61. The number of carbonyl (C=O) groups is 1. The Morgan fingerprint density at radius 2 is 1.85 bits per heavy atom. The molecule has 1 heterocycles. The van der Waals surface area contributed by atoms with E-state index in [1.807, 2.05) is 48.5 Å². The molecule has 100 valence electrons. The first kappa shape index (κ1) is 12.9. The van der Waals surface area contributed by atoms with E-state index in [2.05, 4.69) is 16.8 Å². The van der Waals surface area contributed by atoms with E-state index in [4.69, 9.17) is 0 Å². The van der Waals surface area contributed by atoms with Crippen LogP contribution in [-0.2, 0) is 6.42 Å². The Bertz CT molecular complexity index is 713. The van der Waals surface area contributed by atoms with Crippen LogP contribution in [0.3, 0.4) is 0 Å². The lowest BCUT2D eigenvalue weighted by Crippen LogP contribution is -2.25. The van der Waals surface area contributed by atoms with Crippen LogP contribution in [0, 0.1) is 0 Å². The number of amides is 1. The first-order chi connectivity index (χ1) is 9.84. The second kappa shape index (κ2) is 5.88. The average Bonchev–Trinajstić information content (AvgIpc) is 3.00. The lowest BCUT2D eigenvalue weighted by Gasteiger charge is -2.07. The van der Waals surface area contributed by atoms with Crippen LogP contribution < -0.4 is 5.32 Å². The van der Waals surface area contributed by atoms with Crippen molar-refractivity contribution in [1.82, 2.24) is 5.32 Å². The van der Waals surface area contributed by atoms with E-state index < -0.39 is 0 Å². The van der Waals surface area contributed by atoms with Crippen LogP contribution in [0.2, 0.25) is 0 Å². The van der Waals surface area contributed by atoms with Crippen molar-refractivity contribution in [3.05, 3.63) is 70.4 Å². The maximum atomic E-state index is 12.3. The average molecular weight is 281 g/mol. The molecule has 2 nitrogen and oxygen atoms in total. The molecule has 0 saturated heterocycles. The second-order valence-corrected chi connectivity index (χ2v) is 5.64. The largest absolute Gasteiger partial charge is 0.352 e. The first-order valence-electron chi connectivity index (χ1n) is 6.63. The van der Waals surface area contributed by atoms with Crippen LogP contribution in [-0.4, -0.2) is 12.5 Å². The molecular formula is C17H15NOS. The monoisotopic (exact) mass is 281 g/mol. The van der Waals surface area contributed by atoms with Gasteiger partial charge in [-0.25, -0.2) is 0 Å². The van der Waals surface area contributed by atoms with Crippen LogP contribution in [0.25, 0.3) is 10.8 Å². The molecule has 0 aliphatic rings. The third-order valence-electron chi connectivity index (χ3n) is 3.27. The number of hydrogen-bond acceptors (Lipinski definition) is 2. The first-order valence-corrected chi connectivity index (χ1v) is 7.51. The van der Waals surface area contributed by atoms with Crippen molar-refractivity contribution in [2.75, 3.05) is 6.54 Å². The summed E-state index contributed by atoms with van der Waals surface area (Å²) in [6.45, 7) is 0.669. The molecule has 0 saturated carbocycles. The fraction of sp³-hybridized carbons (Fsp3) is 0.118. The van der Waals surface area contributed by atoms with Crippen molar-refractivity contribution >= 4 is 28.0 Å². The zero-order chi connectivity index (χ0) is 13.8. The van der Waals surface area contributed by atoms with Crippen molar-refractivity contribution < 1.29 is 4.79 Å². The topological polar surface area (TPSA) is 29.1 Å². The van der Waals surface area contributed by atoms with Crippen LogP contribution in [0.4, 0.5) is 0 Å². The van der Waals surface area contributed by atoms with Crippen molar-refractivity contribution in [1.29, 1.82) is 0 Å². The molecule has 0 unspecified atom stereocenters. The highest BCUT2D eigenvalue weighted by atomic mass is 32.1. The molecule has 0 radical (unpaired) electrons. The van der Waals surface area contributed by atoms with Crippen molar-refractivity contribution in [2.24, 2.45) is 0 Å². The molecule has 1 amide bonds. The SMILES string of the molecule is O=C(NCCc1cccs1)c1cccc2ccccc12. The molecule has 1 aromatic heterocycles. The lowest BCUT2D eigenvalue weighted by molar-refractivity contribution is 0.0956. The lowest BCUT2D eigenvalue weighted by atomic mass is 10.0. The Hall–Kier alpha value is -2.13. The van der Waals surface area contributed by atoms with Gasteiger partial charge in [0, 0.05) is 17.0 Å². The molecule has 0 bridgehead atoms. The minimum Gasteiger partial charge on any atom is -0.352 e. The summed E-state index contributed by atoms with van der Waals surface area (Å²) in [6.07, 6.45) is 0.883. The predicted octanol–water partition coefficient (Wildman–Crippen LogP) is 3.87. The van der Waals surface area contributed by atoms with Gasteiger partial charge in [0.05, 0.1) is 0 Å². The minimum absolute atomic E-state index is 0.00152. The molecule has 20 heavy (non-hydrogen) atoms. The number of benzene rings is 2. The van der Waals surface area contributed by atoms with E-state index in [-0.39, 0.29) is 5.91 Å². The molecule has 0 aliphatic carbocycles. The van der Waals surface area contributed by atoms with Gasteiger partial charge >= 0.3 is 0 Å². The Balaban J connectivity index is 1.72. The summed E-state index contributed by atoms with van der Waals surface area (Å²) >= 11 is 1.72. The molecule has 3 heteroatoms. The zero-order valence-electron chi connectivity index (χ0n) is 11.0. The predicted molar refractivity (Wildman–Crippen MR) is 84.3 cm³/mol. The van der Waals surface area contributed by atoms with Gasteiger partial charge in [-0.2, -0.15) is 0 Å². The maximum Gasteiger partial charge on any atom is 0.251 e. The van der Waals surface area contributed by atoms with E-state index in [0.717, 1.165) is 22.8 Å². The molecule has 3 rings (SSSR count). The van der Waals surface area contributed by atoms with Crippen molar-refractivity contribution in [3.8, 4) is 0 Å². The van der Waals surface area contributed by atoms with E-state index in [9.17, 15) is 4.79 Å². The number of thiophene rings is 1. The van der Waals surface area contributed by atoms with Gasteiger partial charge in [-0.15, -0.1) is 11.3 Å². The zero-order valence-corrected chi connectivity index (χ0v) is 11.8. The normalized spacial score (nSPS) is 10.6. The van der Waals surface area contributed by atoms with Crippen LogP contribution in [0.5, 0.6) is 0 Å². The number of hydrogen-bond donors (Lipinski definition) is 1. The fourth-order valence-corrected chi connectivity index (χ4v) is 2.98. The van der Waals surface area contributed by atoms with Gasteiger partial charge in [0.15, 0.2) is 0 Å². The third kappa shape index (κ3) is 2.73. The summed E-state index contributed by atoms with van der Waals surface area (Å²) in [4.78, 5) is 13.6. The van der Waals surface area contributed by atoms with Gasteiger partial charge < -0.3 is 5.32 Å². The van der Waals surface area contributed by atoms with Crippen LogP contribution >= 0.6 is 11.3 Å². The van der Waals surface area contributed by atoms with E-state index >= 15 is 0 Å². The fourth-order valence-electron chi connectivity index (χ4n) is 2.27. The summed E-state index contributed by atoms with van der Waals surface area (Å²) in [5.41, 5.74) is 0.745. The molecule has 1 N–H and O–H groups in total. The smallest absolute Gasteiger partial charge is 0.251 e. The van der Waals surface area contributed by atoms with Crippen molar-refractivity contribution in [2.45, 2.75) is 6.42 Å². The molecule has 2 aromatic carbocycles. The highest BCUT2D eigenvalue weighted by Crippen LogP contribution is 2.18. The molecular weight excluding hydrogens is 266 g/mol. The molecule has 3 aromatic rings. The van der Waals surface area contributed by atoms with E-state index in [1.54, 1.807) is 11.3 Å². The Morgan fingerprint density at radius 1 is 1.00 bits per heavy atom. The molecule has 0 atom stereocenters. The number of nitrogens with one attached hydrogen (secondary N) is 1. The van der Waals surface area contributed by atoms with Gasteiger partial charge in [-0.3, -0.25) is 4.79 Å². The Labute approximate surface area is 122 Å². The third-order valence-corrected chi connectivity index (χ3v) is 4.21. The summed E-state index contributed by atoms with van der Waals surface area (Å²) in [5.74, 6) is -0.00152. The quantitative estimate of drug-likeness (QED) is 0.772. The number of fused-ring (bicyclic) bond motifs is 1. The van der Waals surface area contributed by atoms with Gasteiger partial charge in [-0.05, 0) is 34.7 Å².